The van der Waals surface area contributed by atoms with Crippen molar-refractivity contribution < 1.29 is 23.1 Å². The number of aromatic nitrogens is 1. The SMILES string of the molecule is CCC(=O)Cc1cc(C(=O)NC(C)c2ccc(OCC(F)F)cc2Cl)ccn1. The van der Waals surface area contributed by atoms with Crippen LogP contribution in [0.3, 0.4) is 0 Å². The van der Waals surface area contributed by atoms with Gasteiger partial charge in [0.2, 0.25) is 0 Å². The molecule has 1 N–H and O–H groups in total. The van der Waals surface area contributed by atoms with Gasteiger partial charge in [0.1, 0.15) is 18.1 Å². The molecule has 0 bridgehead atoms. The molecule has 0 fully saturated rings. The van der Waals surface area contributed by atoms with Crippen LogP contribution in [0.1, 0.15) is 47.9 Å². The fraction of sp³-hybridized carbons (Fsp3) is 0.350. The van der Waals surface area contributed by atoms with E-state index in [9.17, 15) is 18.4 Å². The van der Waals surface area contributed by atoms with E-state index >= 15 is 0 Å². The van der Waals surface area contributed by atoms with Crippen molar-refractivity contribution in [2.45, 2.75) is 39.2 Å². The zero-order valence-corrected chi connectivity index (χ0v) is 16.3. The van der Waals surface area contributed by atoms with Crippen LogP contribution in [-0.2, 0) is 11.2 Å². The number of nitrogens with one attached hydrogen (secondary N) is 1. The lowest BCUT2D eigenvalue weighted by Gasteiger charge is -2.17. The highest BCUT2D eigenvalue weighted by atomic mass is 35.5. The van der Waals surface area contributed by atoms with Crippen molar-refractivity contribution >= 4 is 23.3 Å². The Balaban J connectivity index is 2.06. The van der Waals surface area contributed by atoms with Gasteiger partial charge in [0.05, 0.1) is 6.04 Å². The number of ether oxygens (including phenoxy) is 1. The van der Waals surface area contributed by atoms with Gasteiger partial charge in [0.25, 0.3) is 12.3 Å². The zero-order valence-electron chi connectivity index (χ0n) is 15.5. The summed E-state index contributed by atoms with van der Waals surface area (Å²) in [4.78, 5) is 28.2. The summed E-state index contributed by atoms with van der Waals surface area (Å²) in [7, 11) is 0. The second-order valence-electron chi connectivity index (χ2n) is 6.19. The molecule has 0 radical (unpaired) electrons. The molecule has 8 heteroatoms. The van der Waals surface area contributed by atoms with Crippen molar-refractivity contribution in [3.63, 3.8) is 0 Å². The number of Topliss-reactive ketones (excluding diaryl/α,β-unsaturated/α-hetero) is 1. The monoisotopic (exact) mass is 410 g/mol. The van der Waals surface area contributed by atoms with E-state index in [0.717, 1.165) is 0 Å². The Morgan fingerprint density at radius 2 is 2.00 bits per heavy atom. The normalized spacial score (nSPS) is 11.9. The molecule has 1 heterocycles. The predicted molar refractivity (Wildman–Crippen MR) is 102 cm³/mol. The van der Waals surface area contributed by atoms with Gasteiger partial charge in [-0.15, -0.1) is 0 Å². The second-order valence-corrected chi connectivity index (χ2v) is 6.59. The van der Waals surface area contributed by atoms with Crippen LogP contribution in [0, 0.1) is 0 Å². The van der Waals surface area contributed by atoms with Gasteiger partial charge in [-0.1, -0.05) is 24.6 Å². The van der Waals surface area contributed by atoms with E-state index in [-0.39, 0.29) is 23.9 Å². The maximum absolute atomic E-state index is 12.5. The average molecular weight is 411 g/mol. The average Bonchev–Trinajstić information content (AvgIpc) is 2.66. The van der Waals surface area contributed by atoms with Crippen molar-refractivity contribution in [2.24, 2.45) is 0 Å². The van der Waals surface area contributed by atoms with Gasteiger partial charge in [-0.3, -0.25) is 14.6 Å². The number of carbonyl (C=O) groups excluding carboxylic acids is 2. The predicted octanol–water partition coefficient (Wildman–Crippen LogP) is 4.39. The summed E-state index contributed by atoms with van der Waals surface area (Å²) in [6, 6.07) is 7.28. The number of carbonyl (C=O) groups is 2. The molecule has 5 nitrogen and oxygen atoms in total. The van der Waals surface area contributed by atoms with Gasteiger partial charge in [-0.2, -0.15) is 0 Å². The number of hydrogen-bond acceptors (Lipinski definition) is 4. The highest BCUT2D eigenvalue weighted by Crippen LogP contribution is 2.27. The molecular formula is C20H21ClF2N2O3. The highest BCUT2D eigenvalue weighted by molar-refractivity contribution is 6.31. The molecule has 28 heavy (non-hydrogen) atoms. The first kappa shape index (κ1) is 21.8. The summed E-state index contributed by atoms with van der Waals surface area (Å²) < 4.78 is 29.4. The Hall–Kier alpha value is -2.54. The summed E-state index contributed by atoms with van der Waals surface area (Å²) in [6.45, 7) is 2.81. The minimum Gasteiger partial charge on any atom is -0.488 e. The molecule has 1 amide bonds. The molecule has 0 aliphatic heterocycles. The van der Waals surface area contributed by atoms with E-state index < -0.39 is 19.1 Å². The van der Waals surface area contributed by atoms with Gasteiger partial charge >= 0.3 is 0 Å². The molecule has 1 aromatic heterocycles. The molecule has 1 atom stereocenters. The maximum atomic E-state index is 12.5. The lowest BCUT2D eigenvalue weighted by Crippen LogP contribution is -2.27. The molecule has 2 rings (SSSR count). The molecule has 0 saturated carbocycles. The number of halogens is 3. The second kappa shape index (κ2) is 10.1. The van der Waals surface area contributed by atoms with Crippen molar-refractivity contribution in [2.75, 3.05) is 6.61 Å². The topological polar surface area (TPSA) is 68.3 Å². The number of rotatable bonds is 9. The van der Waals surface area contributed by atoms with E-state index in [1.807, 2.05) is 0 Å². The lowest BCUT2D eigenvalue weighted by molar-refractivity contribution is -0.118. The van der Waals surface area contributed by atoms with Crippen LogP contribution in [0.2, 0.25) is 5.02 Å². The van der Waals surface area contributed by atoms with E-state index in [2.05, 4.69) is 10.3 Å². The Labute approximate surface area is 167 Å². The summed E-state index contributed by atoms with van der Waals surface area (Å²) in [5.74, 6) is -0.0690. The first-order valence-corrected chi connectivity index (χ1v) is 9.15. The van der Waals surface area contributed by atoms with E-state index in [0.29, 0.717) is 28.3 Å². The smallest absolute Gasteiger partial charge is 0.272 e. The van der Waals surface area contributed by atoms with Crippen LogP contribution in [0.15, 0.2) is 36.5 Å². The van der Waals surface area contributed by atoms with Crippen LogP contribution in [-0.4, -0.2) is 29.7 Å². The van der Waals surface area contributed by atoms with Gasteiger partial charge in [-0.05, 0) is 36.8 Å². The fourth-order valence-corrected chi connectivity index (χ4v) is 2.84. The van der Waals surface area contributed by atoms with Gasteiger partial charge in [0, 0.05) is 35.3 Å². The molecule has 0 saturated heterocycles. The van der Waals surface area contributed by atoms with Crippen LogP contribution in [0.25, 0.3) is 0 Å². The largest absolute Gasteiger partial charge is 0.488 e. The van der Waals surface area contributed by atoms with E-state index in [4.69, 9.17) is 16.3 Å². The standard InChI is InChI=1S/C20H21ClF2N2O3/c1-3-15(26)9-14-8-13(6-7-24-14)20(27)25-12(2)17-5-4-16(10-18(17)21)28-11-19(22)23/h4-8,10,12,19H,3,9,11H2,1-2H3,(H,25,27). The van der Waals surface area contributed by atoms with Crippen molar-refractivity contribution in [1.82, 2.24) is 10.3 Å². The molecule has 2 aromatic rings. The number of amides is 1. The first-order chi connectivity index (χ1) is 13.3. The molecule has 0 aliphatic rings. The van der Waals surface area contributed by atoms with Gasteiger partial charge in [-0.25, -0.2) is 8.78 Å². The molecule has 150 valence electrons. The quantitative estimate of drug-likeness (QED) is 0.665. The van der Waals surface area contributed by atoms with Crippen molar-refractivity contribution in [3.8, 4) is 5.75 Å². The summed E-state index contributed by atoms with van der Waals surface area (Å²) in [6.07, 6.45) is -0.501. The first-order valence-electron chi connectivity index (χ1n) is 8.78. The Morgan fingerprint density at radius 1 is 1.25 bits per heavy atom. The fourth-order valence-electron chi connectivity index (χ4n) is 2.51. The zero-order chi connectivity index (χ0) is 20.7. The molecular weight excluding hydrogens is 390 g/mol. The number of pyridine rings is 1. The maximum Gasteiger partial charge on any atom is 0.272 e. The molecule has 1 aromatic carbocycles. The lowest BCUT2D eigenvalue weighted by atomic mass is 10.1. The van der Waals surface area contributed by atoms with Crippen LogP contribution in [0.5, 0.6) is 5.75 Å². The third kappa shape index (κ3) is 6.27. The van der Waals surface area contributed by atoms with E-state index in [1.165, 1.54) is 18.3 Å². The number of alkyl halides is 2. The van der Waals surface area contributed by atoms with Crippen molar-refractivity contribution in [3.05, 3.63) is 58.4 Å². The molecule has 0 spiro atoms. The summed E-state index contributed by atoms with van der Waals surface area (Å²) in [5.41, 5.74) is 1.54. The third-order valence-electron chi connectivity index (χ3n) is 4.01. The Kier molecular flexibility index (Phi) is 7.87. The molecule has 0 aliphatic carbocycles. The minimum atomic E-state index is -2.57. The Bertz CT molecular complexity index is 846. The highest BCUT2D eigenvalue weighted by Gasteiger charge is 2.16. The number of ketones is 1. The van der Waals surface area contributed by atoms with E-state index in [1.54, 1.807) is 32.0 Å². The molecule has 1 unspecified atom stereocenters. The van der Waals surface area contributed by atoms with Crippen LogP contribution in [0.4, 0.5) is 8.78 Å². The number of hydrogen-bond donors (Lipinski definition) is 1. The number of benzene rings is 1. The van der Waals surface area contributed by atoms with Gasteiger partial charge in [0.15, 0.2) is 0 Å². The van der Waals surface area contributed by atoms with Crippen LogP contribution < -0.4 is 10.1 Å². The summed E-state index contributed by atoms with van der Waals surface area (Å²) >= 11 is 6.20. The summed E-state index contributed by atoms with van der Waals surface area (Å²) in [5, 5.41) is 3.12. The number of nitrogens with zero attached hydrogens (tertiary/aromatic N) is 1. The minimum absolute atomic E-state index is 0.0411. The van der Waals surface area contributed by atoms with Crippen molar-refractivity contribution in [1.29, 1.82) is 0 Å². The van der Waals surface area contributed by atoms with Crippen LogP contribution >= 0.6 is 11.6 Å². The van der Waals surface area contributed by atoms with Gasteiger partial charge < -0.3 is 10.1 Å². The third-order valence-corrected chi connectivity index (χ3v) is 4.34. The Morgan fingerprint density at radius 3 is 2.64 bits per heavy atom.